The Kier molecular flexibility index (Phi) is 7.34. The normalized spacial score (nSPS) is 10.9. The molecular weight excluding hydrogens is 444 g/mol. The van der Waals surface area contributed by atoms with Gasteiger partial charge in [-0.05, 0) is 55.5 Å². The molecule has 172 valence electrons. The number of ether oxygens (including phenoxy) is 2. The molecule has 1 N–H and O–H groups in total. The number of benzene rings is 3. The molecule has 0 aliphatic carbocycles. The van der Waals surface area contributed by atoms with Crippen LogP contribution in [-0.2, 0) is 19.6 Å². The number of hydrogen-bond donors (Lipinski definition) is 1. The second-order valence-electron chi connectivity index (χ2n) is 7.15. The van der Waals surface area contributed by atoms with E-state index < -0.39 is 21.9 Å². The molecule has 1 amide bonds. The van der Waals surface area contributed by atoms with Gasteiger partial charge in [-0.3, -0.25) is 9.10 Å². The lowest BCUT2D eigenvalue weighted by Gasteiger charge is -2.20. The third-order valence-electron chi connectivity index (χ3n) is 4.86. The third kappa shape index (κ3) is 5.69. The Balaban J connectivity index is 1.62. The molecule has 0 heterocycles. The highest BCUT2D eigenvalue weighted by Gasteiger charge is 2.21. The Morgan fingerprint density at radius 2 is 1.58 bits per heavy atom. The summed E-state index contributed by atoms with van der Waals surface area (Å²) in [5.74, 6) is -0.641. The van der Waals surface area contributed by atoms with Crippen molar-refractivity contribution in [3.8, 4) is 5.75 Å². The molecule has 0 radical (unpaired) electrons. The molecular formula is C24H24N2O6S. The fourth-order valence-electron chi connectivity index (χ4n) is 2.97. The van der Waals surface area contributed by atoms with Crippen LogP contribution in [0.15, 0.2) is 77.7 Å². The van der Waals surface area contributed by atoms with E-state index in [0.29, 0.717) is 17.1 Å². The van der Waals surface area contributed by atoms with Gasteiger partial charge < -0.3 is 14.8 Å². The molecule has 3 aromatic rings. The van der Waals surface area contributed by atoms with Crippen molar-refractivity contribution in [2.45, 2.75) is 11.8 Å². The maximum absolute atomic E-state index is 12.8. The second kappa shape index (κ2) is 10.2. The van der Waals surface area contributed by atoms with E-state index in [4.69, 9.17) is 9.47 Å². The van der Waals surface area contributed by atoms with Gasteiger partial charge in [-0.25, -0.2) is 13.2 Å². The van der Waals surface area contributed by atoms with E-state index in [1.165, 1.54) is 18.5 Å². The lowest BCUT2D eigenvalue weighted by Crippen LogP contribution is -2.26. The summed E-state index contributed by atoms with van der Waals surface area (Å²) in [5, 5.41) is 2.62. The number of esters is 1. The van der Waals surface area contributed by atoms with Crippen LogP contribution in [0.4, 0.5) is 11.4 Å². The van der Waals surface area contributed by atoms with Gasteiger partial charge in [-0.1, -0.05) is 29.8 Å². The van der Waals surface area contributed by atoms with Crippen LogP contribution in [0.3, 0.4) is 0 Å². The number of amides is 1. The van der Waals surface area contributed by atoms with Gasteiger partial charge in [0.15, 0.2) is 6.61 Å². The summed E-state index contributed by atoms with van der Waals surface area (Å²) in [4.78, 5) is 24.3. The first-order valence-electron chi connectivity index (χ1n) is 9.98. The van der Waals surface area contributed by atoms with Crippen LogP contribution in [0.5, 0.6) is 5.75 Å². The number of sulfonamides is 1. The first-order chi connectivity index (χ1) is 15.7. The molecule has 3 rings (SSSR count). The van der Waals surface area contributed by atoms with Gasteiger partial charge in [0, 0.05) is 7.05 Å². The number of methoxy groups -OCH3 is 1. The Labute approximate surface area is 192 Å². The standard InChI is InChI=1S/C24H24N2O6S/c1-17-8-14-20(15-9-17)33(29,30)26(2)18-10-12-19(13-11-18)32-16-23(27)25-22-7-5-4-6-21(22)24(28)31-3/h4-15H,16H2,1-3H3,(H,25,27). The number of aryl methyl sites for hydroxylation is 1. The molecule has 0 aliphatic rings. The van der Waals surface area contributed by atoms with Gasteiger partial charge in [0.25, 0.3) is 15.9 Å². The number of rotatable bonds is 8. The van der Waals surface area contributed by atoms with Gasteiger partial charge in [0.05, 0.1) is 28.9 Å². The Morgan fingerprint density at radius 3 is 2.21 bits per heavy atom. The zero-order valence-electron chi connectivity index (χ0n) is 18.4. The maximum Gasteiger partial charge on any atom is 0.339 e. The summed E-state index contributed by atoms with van der Waals surface area (Å²) in [5.41, 5.74) is 1.96. The number of nitrogens with one attached hydrogen (secondary N) is 1. The predicted molar refractivity (Wildman–Crippen MR) is 125 cm³/mol. The summed E-state index contributed by atoms with van der Waals surface area (Å²) in [7, 11) is -0.974. The number of hydrogen-bond acceptors (Lipinski definition) is 6. The Morgan fingerprint density at radius 1 is 0.939 bits per heavy atom. The summed E-state index contributed by atoms with van der Waals surface area (Å²) < 4.78 is 37.0. The van der Waals surface area contributed by atoms with Gasteiger partial charge in [0.1, 0.15) is 5.75 Å². The molecule has 3 aromatic carbocycles. The molecule has 0 saturated carbocycles. The largest absolute Gasteiger partial charge is 0.484 e. The summed E-state index contributed by atoms with van der Waals surface area (Å²) in [6, 6.07) is 19.4. The number of carbonyl (C=O) groups excluding carboxylic acids is 2. The minimum atomic E-state index is -3.70. The van der Waals surface area contributed by atoms with E-state index in [2.05, 4.69) is 5.32 Å². The highest BCUT2D eigenvalue weighted by molar-refractivity contribution is 7.92. The smallest absolute Gasteiger partial charge is 0.339 e. The highest BCUT2D eigenvalue weighted by atomic mass is 32.2. The van der Waals surface area contributed by atoms with Crippen molar-refractivity contribution < 1.29 is 27.5 Å². The van der Waals surface area contributed by atoms with Crippen molar-refractivity contribution in [3.63, 3.8) is 0 Å². The second-order valence-corrected chi connectivity index (χ2v) is 9.12. The monoisotopic (exact) mass is 468 g/mol. The van der Waals surface area contributed by atoms with Gasteiger partial charge in [-0.15, -0.1) is 0 Å². The van der Waals surface area contributed by atoms with Crippen LogP contribution in [0.2, 0.25) is 0 Å². The SMILES string of the molecule is COC(=O)c1ccccc1NC(=O)COc1ccc(N(C)S(=O)(=O)c2ccc(C)cc2)cc1. The molecule has 0 aromatic heterocycles. The van der Waals surface area contributed by atoms with Gasteiger partial charge in [-0.2, -0.15) is 0 Å². The molecule has 8 nitrogen and oxygen atoms in total. The van der Waals surface area contributed by atoms with Crippen LogP contribution >= 0.6 is 0 Å². The molecule has 0 saturated heterocycles. The van der Waals surface area contributed by atoms with Crippen LogP contribution < -0.4 is 14.4 Å². The average molecular weight is 469 g/mol. The molecule has 33 heavy (non-hydrogen) atoms. The molecule has 0 unspecified atom stereocenters. The molecule has 9 heteroatoms. The summed E-state index contributed by atoms with van der Waals surface area (Å²) in [6.45, 7) is 1.59. The minimum absolute atomic E-state index is 0.194. The zero-order valence-corrected chi connectivity index (χ0v) is 19.3. The van der Waals surface area contributed by atoms with Crippen LogP contribution in [-0.4, -0.2) is 41.1 Å². The molecule has 0 spiro atoms. The lowest BCUT2D eigenvalue weighted by molar-refractivity contribution is -0.118. The third-order valence-corrected chi connectivity index (χ3v) is 6.66. The topological polar surface area (TPSA) is 102 Å². The van der Waals surface area contributed by atoms with Crippen molar-refractivity contribution in [2.75, 3.05) is 30.4 Å². The molecule has 0 bridgehead atoms. The number of carbonyl (C=O) groups is 2. The van der Waals surface area contributed by atoms with E-state index in [1.807, 2.05) is 6.92 Å². The van der Waals surface area contributed by atoms with Gasteiger partial charge >= 0.3 is 5.97 Å². The van der Waals surface area contributed by atoms with Crippen molar-refractivity contribution >= 4 is 33.3 Å². The summed E-state index contributed by atoms with van der Waals surface area (Å²) in [6.07, 6.45) is 0. The van der Waals surface area contributed by atoms with E-state index >= 15 is 0 Å². The average Bonchev–Trinajstić information content (AvgIpc) is 2.82. The molecule has 0 aliphatic heterocycles. The highest BCUT2D eigenvalue weighted by Crippen LogP contribution is 2.24. The van der Waals surface area contributed by atoms with E-state index in [1.54, 1.807) is 72.8 Å². The summed E-state index contributed by atoms with van der Waals surface area (Å²) >= 11 is 0. The zero-order chi connectivity index (χ0) is 24.0. The fourth-order valence-corrected chi connectivity index (χ4v) is 4.17. The van der Waals surface area contributed by atoms with Gasteiger partial charge in [0.2, 0.25) is 0 Å². The molecule has 0 fully saturated rings. The minimum Gasteiger partial charge on any atom is -0.484 e. The Hall–Kier alpha value is -3.85. The van der Waals surface area contributed by atoms with Crippen molar-refractivity contribution in [1.82, 2.24) is 0 Å². The first kappa shape index (κ1) is 23.8. The lowest BCUT2D eigenvalue weighted by atomic mass is 10.2. The van der Waals surface area contributed by atoms with Crippen LogP contribution in [0.1, 0.15) is 15.9 Å². The van der Waals surface area contributed by atoms with Crippen LogP contribution in [0.25, 0.3) is 0 Å². The molecule has 0 atom stereocenters. The maximum atomic E-state index is 12.8. The van der Waals surface area contributed by atoms with Crippen molar-refractivity contribution in [3.05, 3.63) is 83.9 Å². The van der Waals surface area contributed by atoms with E-state index in [0.717, 1.165) is 5.56 Å². The Bertz CT molecular complexity index is 1240. The predicted octanol–water partition coefficient (Wildman–Crippen LogP) is 3.62. The van der Waals surface area contributed by atoms with Crippen LogP contribution in [0, 0.1) is 6.92 Å². The van der Waals surface area contributed by atoms with E-state index in [-0.39, 0.29) is 17.1 Å². The van der Waals surface area contributed by atoms with E-state index in [9.17, 15) is 18.0 Å². The number of nitrogens with zero attached hydrogens (tertiary/aromatic N) is 1. The number of para-hydroxylation sites is 1. The number of anilines is 2. The first-order valence-corrected chi connectivity index (χ1v) is 11.4. The van der Waals surface area contributed by atoms with Crippen molar-refractivity contribution in [2.24, 2.45) is 0 Å². The fraction of sp³-hybridized carbons (Fsp3) is 0.167. The van der Waals surface area contributed by atoms with Crippen molar-refractivity contribution in [1.29, 1.82) is 0 Å². The quantitative estimate of drug-likeness (QED) is 0.507.